The van der Waals surface area contributed by atoms with Crippen molar-refractivity contribution in [3.05, 3.63) is 24.2 Å². The molecule has 1 unspecified atom stereocenters. The summed E-state index contributed by atoms with van der Waals surface area (Å²) in [5.74, 6) is 2.65. The minimum absolute atomic E-state index is 0. The van der Waals surface area contributed by atoms with Crippen molar-refractivity contribution >= 4 is 51.7 Å². The number of sulfonamides is 1. The van der Waals surface area contributed by atoms with Gasteiger partial charge in [-0.2, -0.15) is 11.8 Å². The number of hydrogen-bond donors (Lipinski definition) is 2. The SMILES string of the molecule is CCNS(=O)(=O)C1CCN(C(=NCCSC)NCCc2ccco2)C1.I. The first-order valence-electron chi connectivity index (χ1n) is 8.60. The summed E-state index contributed by atoms with van der Waals surface area (Å²) in [7, 11) is -3.25. The lowest BCUT2D eigenvalue weighted by molar-refractivity contribution is 0.479. The van der Waals surface area contributed by atoms with Crippen molar-refractivity contribution < 1.29 is 12.8 Å². The number of furan rings is 1. The molecule has 26 heavy (non-hydrogen) atoms. The van der Waals surface area contributed by atoms with Crippen molar-refractivity contribution in [2.24, 2.45) is 4.99 Å². The Morgan fingerprint density at radius 3 is 2.96 bits per heavy atom. The summed E-state index contributed by atoms with van der Waals surface area (Å²) in [6, 6.07) is 3.82. The van der Waals surface area contributed by atoms with Crippen LogP contribution in [-0.2, 0) is 16.4 Å². The van der Waals surface area contributed by atoms with Gasteiger partial charge in [0.2, 0.25) is 10.0 Å². The summed E-state index contributed by atoms with van der Waals surface area (Å²) in [4.78, 5) is 6.69. The monoisotopic (exact) mass is 516 g/mol. The van der Waals surface area contributed by atoms with E-state index in [0.29, 0.717) is 39.1 Å². The topological polar surface area (TPSA) is 86.9 Å². The van der Waals surface area contributed by atoms with Crippen LogP contribution in [0.2, 0.25) is 0 Å². The molecule has 0 saturated carbocycles. The number of aliphatic imine (C=N–C) groups is 1. The van der Waals surface area contributed by atoms with Crippen LogP contribution in [0.3, 0.4) is 0 Å². The number of likely N-dealkylation sites (tertiary alicyclic amines) is 1. The number of thioether (sulfide) groups is 1. The van der Waals surface area contributed by atoms with E-state index in [1.807, 2.05) is 17.0 Å². The smallest absolute Gasteiger partial charge is 0.216 e. The molecule has 1 aromatic rings. The summed E-state index contributed by atoms with van der Waals surface area (Å²) in [6.07, 6.45) is 5.10. The van der Waals surface area contributed by atoms with Gasteiger partial charge in [0.25, 0.3) is 0 Å². The van der Waals surface area contributed by atoms with Crippen molar-refractivity contribution in [1.29, 1.82) is 0 Å². The second-order valence-corrected chi connectivity index (χ2v) is 8.88. The molecule has 2 rings (SSSR count). The molecule has 0 amide bonds. The van der Waals surface area contributed by atoms with Crippen LogP contribution in [0.15, 0.2) is 27.8 Å². The first-order chi connectivity index (χ1) is 12.1. The van der Waals surface area contributed by atoms with Crippen LogP contribution in [0.4, 0.5) is 0 Å². The van der Waals surface area contributed by atoms with Crippen LogP contribution in [0.1, 0.15) is 19.1 Å². The Balaban J connectivity index is 0.00000338. The summed E-state index contributed by atoms with van der Waals surface area (Å²) >= 11 is 1.75. The van der Waals surface area contributed by atoms with Crippen molar-refractivity contribution in [3.63, 3.8) is 0 Å². The third-order valence-corrected chi connectivity index (χ3v) is 6.56. The van der Waals surface area contributed by atoms with Gasteiger partial charge in [-0.15, -0.1) is 24.0 Å². The molecule has 0 aromatic carbocycles. The van der Waals surface area contributed by atoms with Gasteiger partial charge in [0.1, 0.15) is 5.76 Å². The molecule has 1 aromatic heterocycles. The molecule has 0 spiro atoms. The van der Waals surface area contributed by atoms with E-state index in [1.54, 1.807) is 24.9 Å². The van der Waals surface area contributed by atoms with Gasteiger partial charge in [0, 0.05) is 38.4 Å². The fraction of sp³-hybridized carbons (Fsp3) is 0.688. The van der Waals surface area contributed by atoms with E-state index in [9.17, 15) is 8.42 Å². The van der Waals surface area contributed by atoms with E-state index in [-0.39, 0.29) is 29.2 Å². The van der Waals surface area contributed by atoms with Crippen LogP contribution in [-0.4, -0.2) is 69.3 Å². The van der Waals surface area contributed by atoms with Gasteiger partial charge in [-0.25, -0.2) is 13.1 Å². The second kappa shape index (κ2) is 12.1. The molecule has 0 radical (unpaired) electrons. The maximum atomic E-state index is 12.2. The summed E-state index contributed by atoms with van der Waals surface area (Å²) in [5, 5.41) is 2.97. The molecule has 2 heterocycles. The Morgan fingerprint density at radius 1 is 1.50 bits per heavy atom. The molecule has 150 valence electrons. The highest BCUT2D eigenvalue weighted by molar-refractivity contribution is 14.0. The molecular weight excluding hydrogens is 487 g/mol. The lowest BCUT2D eigenvalue weighted by atomic mass is 10.3. The Morgan fingerprint density at radius 2 is 2.31 bits per heavy atom. The first kappa shape index (κ1) is 23.6. The molecule has 1 saturated heterocycles. The number of rotatable bonds is 9. The molecule has 1 atom stereocenters. The van der Waals surface area contributed by atoms with Gasteiger partial charge in [0.15, 0.2) is 5.96 Å². The van der Waals surface area contributed by atoms with Crippen LogP contribution < -0.4 is 10.0 Å². The molecule has 0 aliphatic carbocycles. The van der Waals surface area contributed by atoms with Crippen molar-refractivity contribution in [2.45, 2.75) is 25.0 Å². The highest BCUT2D eigenvalue weighted by Crippen LogP contribution is 2.16. The van der Waals surface area contributed by atoms with Crippen LogP contribution >= 0.6 is 35.7 Å². The van der Waals surface area contributed by atoms with Gasteiger partial charge >= 0.3 is 0 Å². The largest absolute Gasteiger partial charge is 0.469 e. The zero-order chi connectivity index (χ0) is 18.1. The average molecular weight is 516 g/mol. The Bertz CT molecular complexity index is 638. The van der Waals surface area contributed by atoms with Crippen molar-refractivity contribution in [3.8, 4) is 0 Å². The number of guanidine groups is 1. The van der Waals surface area contributed by atoms with Crippen LogP contribution in [0.5, 0.6) is 0 Å². The predicted octanol–water partition coefficient (Wildman–Crippen LogP) is 1.76. The molecule has 1 fully saturated rings. The minimum atomic E-state index is -3.25. The van der Waals surface area contributed by atoms with Crippen LogP contribution in [0.25, 0.3) is 0 Å². The summed E-state index contributed by atoms with van der Waals surface area (Å²) in [5.41, 5.74) is 0. The molecule has 2 N–H and O–H groups in total. The van der Waals surface area contributed by atoms with E-state index in [1.165, 1.54) is 0 Å². The number of hydrogen-bond acceptors (Lipinski definition) is 5. The quantitative estimate of drug-likeness (QED) is 0.225. The van der Waals surface area contributed by atoms with Crippen LogP contribution in [0, 0.1) is 0 Å². The van der Waals surface area contributed by atoms with E-state index < -0.39 is 10.0 Å². The maximum Gasteiger partial charge on any atom is 0.216 e. The third kappa shape index (κ3) is 7.28. The standard InChI is InChI=1S/C16H28N4O3S2.HI/c1-3-19-25(21,22)15-7-10-20(13-15)16(18-9-12-24-2)17-8-6-14-5-4-11-23-14;/h4-5,11,15,19H,3,6-10,12-13H2,1-2H3,(H,17,18);1H. The Hall–Kier alpha value is -0.460. The zero-order valence-electron chi connectivity index (χ0n) is 15.3. The second-order valence-electron chi connectivity index (χ2n) is 5.85. The fourth-order valence-corrected chi connectivity index (χ4v) is 4.46. The van der Waals surface area contributed by atoms with E-state index in [0.717, 1.165) is 23.9 Å². The van der Waals surface area contributed by atoms with Crippen molar-refractivity contribution in [2.75, 3.05) is 44.7 Å². The summed E-state index contributed by atoms with van der Waals surface area (Å²) in [6.45, 7) is 4.81. The fourth-order valence-electron chi connectivity index (χ4n) is 2.76. The number of nitrogens with zero attached hydrogens (tertiary/aromatic N) is 2. The number of nitrogens with one attached hydrogen (secondary N) is 2. The molecule has 1 aliphatic rings. The zero-order valence-corrected chi connectivity index (χ0v) is 19.3. The minimum Gasteiger partial charge on any atom is -0.469 e. The first-order valence-corrected chi connectivity index (χ1v) is 11.5. The maximum absolute atomic E-state index is 12.2. The Labute approximate surface area is 177 Å². The van der Waals surface area contributed by atoms with Gasteiger partial charge in [-0.05, 0) is 24.8 Å². The van der Waals surface area contributed by atoms with E-state index in [4.69, 9.17) is 4.42 Å². The van der Waals surface area contributed by atoms with Gasteiger partial charge in [0.05, 0.1) is 18.1 Å². The normalized spacial score (nSPS) is 18.0. The molecular formula is C16H29IN4O3S2. The lowest BCUT2D eigenvalue weighted by Crippen LogP contribution is -2.43. The number of halogens is 1. The van der Waals surface area contributed by atoms with E-state index >= 15 is 0 Å². The highest BCUT2D eigenvalue weighted by atomic mass is 127. The average Bonchev–Trinajstić information content (AvgIpc) is 3.25. The highest BCUT2D eigenvalue weighted by Gasteiger charge is 2.33. The molecule has 10 heteroatoms. The van der Waals surface area contributed by atoms with Gasteiger partial charge in [-0.3, -0.25) is 4.99 Å². The summed E-state index contributed by atoms with van der Waals surface area (Å²) < 4.78 is 32.4. The Kier molecular flexibility index (Phi) is 11.0. The van der Waals surface area contributed by atoms with Gasteiger partial charge < -0.3 is 14.6 Å². The third-order valence-electron chi connectivity index (χ3n) is 4.02. The molecule has 0 bridgehead atoms. The molecule has 7 nitrogen and oxygen atoms in total. The lowest BCUT2D eigenvalue weighted by Gasteiger charge is -2.22. The predicted molar refractivity (Wildman–Crippen MR) is 119 cm³/mol. The van der Waals surface area contributed by atoms with Gasteiger partial charge in [-0.1, -0.05) is 6.92 Å². The molecule has 1 aliphatic heterocycles. The van der Waals surface area contributed by atoms with Crippen molar-refractivity contribution in [1.82, 2.24) is 14.9 Å². The van der Waals surface area contributed by atoms with E-state index in [2.05, 4.69) is 21.3 Å².